The molecule has 0 spiro atoms. The van der Waals surface area contributed by atoms with Crippen molar-refractivity contribution in [2.75, 3.05) is 26.7 Å². The first-order valence-electron chi connectivity index (χ1n) is 6.94. The number of likely N-dealkylation sites (N-methyl/N-ethyl adjacent to an activating group) is 1. The van der Waals surface area contributed by atoms with Crippen molar-refractivity contribution in [1.82, 2.24) is 9.80 Å². The lowest BCUT2D eigenvalue weighted by atomic mass is 10.1. The zero-order chi connectivity index (χ0) is 14.5. The van der Waals surface area contributed by atoms with Crippen LogP contribution >= 0.6 is 0 Å². The van der Waals surface area contributed by atoms with Gasteiger partial charge in [-0.25, -0.2) is 4.39 Å². The Bertz CT molecular complexity index is 467. The second-order valence-corrected chi connectivity index (χ2v) is 5.37. The summed E-state index contributed by atoms with van der Waals surface area (Å²) in [6, 6.07) is 6.48. The molecule has 1 amide bonds. The predicted molar refractivity (Wildman–Crippen MR) is 74.6 cm³/mol. The van der Waals surface area contributed by atoms with Gasteiger partial charge < -0.3 is 10.0 Å². The molecular formula is C15H21FN2O2. The van der Waals surface area contributed by atoms with E-state index in [-0.39, 0.29) is 30.9 Å². The number of rotatable bonds is 4. The van der Waals surface area contributed by atoms with Gasteiger partial charge in [0.1, 0.15) is 5.82 Å². The van der Waals surface area contributed by atoms with Crippen molar-refractivity contribution in [2.24, 2.45) is 0 Å². The second kappa shape index (κ2) is 6.81. The fourth-order valence-electron chi connectivity index (χ4n) is 2.46. The van der Waals surface area contributed by atoms with Gasteiger partial charge in [0.15, 0.2) is 0 Å². The summed E-state index contributed by atoms with van der Waals surface area (Å²) in [6.45, 7) is 1.92. The number of amides is 1. The third-order valence-corrected chi connectivity index (χ3v) is 3.63. The summed E-state index contributed by atoms with van der Waals surface area (Å²) in [6.07, 6.45) is 1.37. The molecule has 20 heavy (non-hydrogen) atoms. The van der Waals surface area contributed by atoms with Gasteiger partial charge in [-0.1, -0.05) is 18.2 Å². The Morgan fingerprint density at radius 1 is 1.50 bits per heavy atom. The lowest BCUT2D eigenvalue weighted by Gasteiger charge is -2.30. The highest BCUT2D eigenvalue weighted by Crippen LogP contribution is 2.12. The first-order valence-corrected chi connectivity index (χ1v) is 6.94. The lowest BCUT2D eigenvalue weighted by molar-refractivity contribution is -0.132. The molecule has 0 bridgehead atoms. The summed E-state index contributed by atoms with van der Waals surface area (Å²) in [5, 5.41) is 9.59. The Balaban J connectivity index is 1.87. The molecule has 4 nitrogen and oxygen atoms in total. The van der Waals surface area contributed by atoms with Gasteiger partial charge in [0.05, 0.1) is 12.6 Å². The van der Waals surface area contributed by atoms with Gasteiger partial charge in [0.2, 0.25) is 5.91 Å². The van der Waals surface area contributed by atoms with E-state index >= 15 is 0 Å². The summed E-state index contributed by atoms with van der Waals surface area (Å²) in [5.41, 5.74) is 0.516. The largest absolute Gasteiger partial charge is 0.392 e. The highest BCUT2D eigenvalue weighted by Gasteiger charge is 2.21. The Labute approximate surface area is 118 Å². The van der Waals surface area contributed by atoms with Crippen LogP contribution in [0.15, 0.2) is 24.3 Å². The van der Waals surface area contributed by atoms with Crippen LogP contribution in [0.2, 0.25) is 0 Å². The topological polar surface area (TPSA) is 43.8 Å². The molecule has 1 aliphatic rings. The zero-order valence-corrected chi connectivity index (χ0v) is 11.8. The number of benzene rings is 1. The molecule has 1 aliphatic heterocycles. The maximum absolute atomic E-state index is 13.5. The summed E-state index contributed by atoms with van der Waals surface area (Å²) in [7, 11) is 1.68. The molecule has 0 aromatic heterocycles. The number of likely N-dealkylation sites (tertiary alicyclic amines) is 1. The van der Waals surface area contributed by atoms with Crippen molar-refractivity contribution >= 4 is 5.91 Å². The number of piperidine rings is 1. The van der Waals surface area contributed by atoms with E-state index in [0.29, 0.717) is 12.1 Å². The summed E-state index contributed by atoms with van der Waals surface area (Å²) < 4.78 is 13.5. The Kier molecular flexibility index (Phi) is 5.09. The molecule has 1 saturated heterocycles. The highest BCUT2D eigenvalue weighted by atomic mass is 19.1. The highest BCUT2D eigenvalue weighted by molar-refractivity contribution is 5.78. The van der Waals surface area contributed by atoms with Crippen LogP contribution in [0.1, 0.15) is 18.4 Å². The van der Waals surface area contributed by atoms with Gasteiger partial charge in [-0.3, -0.25) is 9.69 Å². The van der Waals surface area contributed by atoms with Gasteiger partial charge in [-0.15, -0.1) is 0 Å². The predicted octanol–water partition coefficient (Wildman–Crippen LogP) is 1.24. The molecule has 0 radical (unpaired) electrons. The van der Waals surface area contributed by atoms with Gasteiger partial charge in [-0.05, 0) is 25.5 Å². The van der Waals surface area contributed by atoms with Crippen LogP contribution in [-0.2, 0) is 11.3 Å². The molecule has 0 aliphatic carbocycles. The van der Waals surface area contributed by atoms with Crippen LogP contribution in [0.3, 0.4) is 0 Å². The Morgan fingerprint density at radius 3 is 2.95 bits per heavy atom. The molecule has 2 rings (SSSR count). The van der Waals surface area contributed by atoms with Crippen LogP contribution in [0.5, 0.6) is 0 Å². The monoisotopic (exact) mass is 280 g/mol. The van der Waals surface area contributed by atoms with E-state index in [1.165, 1.54) is 11.0 Å². The first-order chi connectivity index (χ1) is 9.56. The quantitative estimate of drug-likeness (QED) is 0.902. The molecule has 0 saturated carbocycles. The average Bonchev–Trinajstić information content (AvgIpc) is 2.41. The molecule has 1 heterocycles. The Hall–Kier alpha value is -1.46. The average molecular weight is 280 g/mol. The van der Waals surface area contributed by atoms with Crippen molar-refractivity contribution in [2.45, 2.75) is 25.5 Å². The number of hydrogen-bond donors (Lipinski definition) is 1. The molecule has 1 fully saturated rings. The standard InChI is InChI=1S/C15H21FN2O2/c1-17(9-12-5-2-3-7-14(12)16)15(20)11-18-8-4-6-13(19)10-18/h2-3,5,7,13,19H,4,6,8-11H2,1H3. The van der Waals surface area contributed by atoms with E-state index in [1.54, 1.807) is 25.2 Å². The van der Waals surface area contributed by atoms with E-state index in [0.717, 1.165) is 19.4 Å². The van der Waals surface area contributed by atoms with Crippen molar-refractivity contribution in [3.8, 4) is 0 Å². The molecule has 1 aromatic rings. The van der Waals surface area contributed by atoms with E-state index < -0.39 is 0 Å². The van der Waals surface area contributed by atoms with E-state index in [1.807, 2.05) is 4.90 Å². The smallest absolute Gasteiger partial charge is 0.236 e. The van der Waals surface area contributed by atoms with Gasteiger partial charge in [0.25, 0.3) is 0 Å². The number of nitrogens with zero attached hydrogens (tertiary/aromatic N) is 2. The molecule has 1 N–H and O–H groups in total. The number of β-amino-alcohol motifs (C(OH)–C–C–N with tert-alkyl or cyclic N) is 1. The summed E-state index contributed by atoms with van der Waals surface area (Å²) in [4.78, 5) is 15.6. The van der Waals surface area contributed by atoms with Crippen LogP contribution in [0.4, 0.5) is 4.39 Å². The first kappa shape index (κ1) is 14.9. The third kappa shape index (κ3) is 4.02. The van der Waals surface area contributed by atoms with E-state index in [4.69, 9.17) is 0 Å². The van der Waals surface area contributed by atoms with Gasteiger partial charge in [-0.2, -0.15) is 0 Å². The summed E-state index contributed by atoms with van der Waals surface area (Å²) >= 11 is 0. The number of hydrogen-bond acceptors (Lipinski definition) is 3. The fourth-order valence-corrected chi connectivity index (χ4v) is 2.46. The molecule has 1 aromatic carbocycles. The van der Waals surface area contributed by atoms with Crippen LogP contribution in [-0.4, -0.2) is 53.6 Å². The summed E-state index contributed by atoms with van der Waals surface area (Å²) in [5.74, 6) is -0.345. The third-order valence-electron chi connectivity index (χ3n) is 3.63. The number of carbonyl (C=O) groups excluding carboxylic acids is 1. The SMILES string of the molecule is CN(Cc1ccccc1F)C(=O)CN1CCCC(O)C1. The maximum atomic E-state index is 13.5. The number of aliphatic hydroxyl groups is 1. The molecule has 110 valence electrons. The number of aliphatic hydroxyl groups excluding tert-OH is 1. The van der Waals surface area contributed by atoms with Gasteiger partial charge >= 0.3 is 0 Å². The molecular weight excluding hydrogens is 259 g/mol. The minimum atomic E-state index is -0.339. The number of halogens is 1. The minimum Gasteiger partial charge on any atom is -0.392 e. The second-order valence-electron chi connectivity index (χ2n) is 5.37. The van der Waals surface area contributed by atoms with E-state index in [2.05, 4.69) is 0 Å². The van der Waals surface area contributed by atoms with E-state index in [9.17, 15) is 14.3 Å². The normalized spacial score (nSPS) is 19.9. The van der Waals surface area contributed by atoms with Crippen LogP contribution in [0.25, 0.3) is 0 Å². The lowest BCUT2D eigenvalue weighted by Crippen LogP contribution is -2.44. The molecule has 5 heteroatoms. The Morgan fingerprint density at radius 2 is 2.25 bits per heavy atom. The van der Waals surface area contributed by atoms with Gasteiger partial charge in [0, 0.05) is 25.7 Å². The maximum Gasteiger partial charge on any atom is 0.236 e. The minimum absolute atomic E-state index is 0.0534. The zero-order valence-electron chi connectivity index (χ0n) is 11.8. The van der Waals surface area contributed by atoms with Crippen LogP contribution < -0.4 is 0 Å². The van der Waals surface area contributed by atoms with Crippen molar-refractivity contribution in [3.63, 3.8) is 0 Å². The van der Waals surface area contributed by atoms with Crippen molar-refractivity contribution in [3.05, 3.63) is 35.6 Å². The van der Waals surface area contributed by atoms with Crippen molar-refractivity contribution < 1.29 is 14.3 Å². The molecule has 1 atom stereocenters. The fraction of sp³-hybridized carbons (Fsp3) is 0.533. The van der Waals surface area contributed by atoms with Crippen molar-refractivity contribution in [1.29, 1.82) is 0 Å². The van der Waals surface area contributed by atoms with Crippen LogP contribution in [0, 0.1) is 5.82 Å². The molecule has 1 unspecified atom stereocenters. The number of carbonyl (C=O) groups is 1.